The van der Waals surface area contributed by atoms with Crippen molar-refractivity contribution in [2.45, 2.75) is 70.1 Å². The Morgan fingerprint density at radius 1 is 1.08 bits per heavy atom. The van der Waals surface area contributed by atoms with Crippen LogP contribution in [0.25, 0.3) is 10.8 Å². The van der Waals surface area contributed by atoms with E-state index in [4.69, 9.17) is 14.7 Å². The number of aromatic nitrogens is 4. The Morgan fingerprint density at radius 3 is 2.82 bits per heavy atom. The molecule has 0 amide bonds. The summed E-state index contributed by atoms with van der Waals surface area (Å²) in [6.45, 7) is 4.96. The predicted octanol–water partition coefficient (Wildman–Crippen LogP) is 5.12. The van der Waals surface area contributed by atoms with Crippen LogP contribution >= 0.6 is 0 Å². The van der Waals surface area contributed by atoms with Crippen molar-refractivity contribution in [3.8, 4) is 6.01 Å². The molecule has 4 aromatic rings. The lowest BCUT2D eigenvalue weighted by Gasteiger charge is -2.38. The van der Waals surface area contributed by atoms with Crippen LogP contribution in [-0.4, -0.2) is 56.7 Å². The smallest absolute Gasteiger partial charge is 0.318 e. The predicted molar refractivity (Wildman–Crippen MR) is 150 cm³/mol. The van der Waals surface area contributed by atoms with Crippen molar-refractivity contribution in [1.82, 2.24) is 24.4 Å². The van der Waals surface area contributed by atoms with Crippen molar-refractivity contribution in [3.63, 3.8) is 0 Å². The average molecular weight is 527 g/mol. The van der Waals surface area contributed by atoms with Crippen molar-refractivity contribution in [2.75, 3.05) is 25.1 Å². The maximum absolute atomic E-state index is 14.5. The molecule has 3 atom stereocenters. The van der Waals surface area contributed by atoms with E-state index in [2.05, 4.69) is 71.2 Å². The maximum Gasteiger partial charge on any atom is 0.318 e. The lowest BCUT2D eigenvalue weighted by molar-refractivity contribution is 0.187. The van der Waals surface area contributed by atoms with E-state index in [-0.39, 0.29) is 6.04 Å². The van der Waals surface area contributed by atoms with Crippen LogP contribution < -0.4 is 9.64 Å². The second-order valence-corrected chi connectivity index (χ2v) is 11.5. The Hall–Kier alpha value is -3.52. The minimum absolute atomic E-state index is 0.148. The van der Waals surface area contributed by atoms with Crippen molar-refractivity contribution < 1.29 is 9.13 Å². The zero-order valence-electron chi connectivity index (χ0n) is 22.7. The van der Waals surface area contributed by atoms with Gasteiger partial charge in [0.15, 0.2) is 0 Å². The fourth-order valence-corrected chi connectivity index (χ4v) is 6.79. The molecular formula is C31H35FN6O. The minimum atomic E-state index is -0.397. The van der Waals surface area contributed by atoms with Crippen molar-refractivity contribution in [2.24, 2.45) is 0 Å². The number of rotatable bonds is 5. The molecule has 1 fully saturated rings. The largest absolute Gasteiger partial charge is 0.462 e. The van der Waals surface area contributed by atoms with Crippen LogP contribution in [0.2, 0.25) is 0 Å². The number of ether oxygens (including phenoxy) is 1. The molecule has 0 N–H and O–H groups in total. The van der Waals surface area contributed by atoms with Crippen molar-refractivity contribution in [3.05, 3.63) is 77.3 Å². The van der Waals surface area contributed by atoms with E-state index in [0.29, 0.717) is 43.4 Å². The molecule has 0 bridgehead atoms. The highest BCUT2D eigenvalue weighted by Crippen LogP contribution is 2.40. The topological polar surface area (TPSA) is 59.3 Å². The third-order valence-corrected chi connectivity index (χ3v) is 9.05. The van der Waals surface area contributed by atoms with Crippen molar-refractivity contribution >= 4 is 16.6 Å². The van der Waals surface area contributed by atoms with Crippen molar-refractivity contribution in [1.29, 1.82) is 0 Å². The highest BCUT2D eigenvalue weighted by atomic mass is 19.1. The van der Waals surface area contributed by atoms with Crippen LogP contribution in [0.5, 0.6) is 6.01 Å². The first-order valence-corrected chi connectivity index (χ1v) is 14.2. The van der Waals surface area contributed by atoms with Crippen LogP contribution in [0.1, 0.15) is 54.6 Å². The molecule has 1 unspecified atom stereocenters. The molecule has 202 valence electrons. The van der Waals surface area contributed by atoms with E-state index in [0.717, 1.165) is 43.7 Å². The molecule has 0 radical (unpaired) electrons. The zero-order valence-corrected chi connectivity index (χ0v) is 22.7. The van der Waals surface area contributed by atoms with Crippen LogP contribution in [-0.2, 0) is 25.9 Å². The molecule has 1 saturated heterocycles. The van der Waals surface area contributed by atoms with Gasteiger partial charge in [-0.1, -0.05) is 42.5 Å². The van der Waals surface area contributed by atoms with E-state index < -0.39 is 5.95 Å². The monoisotopic (exact) mass is 526 g/mol. The van der Waals surface area contributed by atoms with E-state index >= 15 is 0 Å². The molecule has 1 aliphatic carbocycles. The first-order valence-electron chi connectivity index (χ1n) is 14.2. The Morgan fingerprint density at radius 2 is 1.95 bits per heavy atom. The summed E-state index contributed by atoms with van der Waals surface area (Å²) in [5.41, 5.74) is 4.23. The summed E-state index contributed by atoms with van der Waals surface area (Å²) in [4.78, 5) is 18.5. The Labute approximate surface area is 228 Å². The minimum Gasteiger partial charge on any atom is -0.462 e. The Balaban J connectivity index is 1.25. The third kappa shape index (κ3) is 4.44. The fourth-order valence-electron chi connectivity index (χ4n) is 6.79. The van der Waals surface area contributed by atoms with Crippen LogP contribution in [0.4, 0.5) is 10.2 Å². The number of hydrogen-bond acceptors (Lipinski definition) is 6. The summed E-state index contributed by atoms with van der Waals surface area (Å²) >= 11 is 0. The summed E-state index contributed by atoms with van der Waals surface area (Å²) in [5, 5.41) is 2.59. The van der Waals surface area contributed by atoms with Gasteiger partial charge >= 0.3 is 6.01 Å². The lowest BCUT2D eigenvalue weighted by atomic mass is 9.80. The number of nitrogens with zero attached hydrogens (tertiary/aromatic N) is 6. The number of halogens is 1. The van der Waals surface area contributed by atoms with Gasteiger partial charge in [0.25, 0.3) is 0 Å². The highest BCUT2D eigenvalue weighted by molar-refractivity contribution is 5.86. The van der Waals surface area contributed by atoms with Crippen LogP contribution in [0, 0.1) is 5.95 Å². The first-order chi connectivity index (χ1) is 19.0. The highest BCUT2D eigenvalue weighted by Gasteiger charge is 2.33. The summed E-state index contributed by atoms with van der Waals surface area (Å²) in [7, 11) is 2.15. The maximum atomic E-state index is 14.5. The summed E-state index contributed by atoms with van der Waals surface area (Å²) in [6, 6.07) is 16.2. The number of likely N-dealkylation sites (tertiary alicyclic amines) is 1. The summed E-state index contributed by atoms with van der Waals surface area (Å²) in [6.07, 6.45) is 6.68. The number of hydrogen-bond donors (Lipinski definition) is 0. The SMILES string of the molecule is C[C@@H]1Cn2cnc(F)c2CN1c1nc(OC[C@@H]2CCCN2C)nc2c1CCC(c1cccc3ccccc13)C2. The number of benzene rings is 2. The van der Waals surface area contributed by atoms with Gasteiger partial charge in [0.1, 0.15) is 12.4 Å². The van der Waals surface area contributed by atoms with Crippen LogP contribution in [0.15, 0.2) is 48.8 Å². The molecule has 3 aliphatic rings. The second-order valence-electron chi connectivity index (χ2n) is 11.5. The average Bonchev–Trinajstić information content (AvgIpc) is 3.54. The normalized spacial score (nSPS) is 23.2. The van der Waals surface area contributed by atoms with Gasteiger partial charge in [-0.25, -0.2) is 4.98 Å². The first kappa shape index (κ1) is 24.5. The number of imidazole rings is 1. The molecule has 2 aliphatic heterocycles. The fraction of sp³-hybridized carbons (Fsp3) is 0.452. The molecule has 4 heterocycles. The van der Waals surface area contributed by atoms with Gasteiger partial charge < -0.3 is 19.1 Å². The second kappa shape index (κ2) is 9.90. The molecule has 8 heteroatoms. The van der Waals surface area contributed by atoms with Gasteiger partial charge in [0.05, 0.1) is 24.3 Å². The summed E-state index contributed by atoms with van der Waals surface area (Å²) in [5.74, 6) is 0.870. The molecule has 2 aromatic heterocycles. The molecule has 2 aromatic carbocycles. The van der Waals surface area contributed by atoms with Gasteiger partial charge in [0.2, 0.25) is 5.95 Å². The van der Waals surface area contributed by atoms with Gasteiger partial charge in [-0.3, -0.25) is 0 Å². The molecule has 7 rings (SSSR count). The zero-order chi connectivity index (χ0) is 26.5. The Bertz CT molecular complexity index is 1510. The lowest BCUT2D eigenvalue weighted by Crippen LogP contribution is -2.42. The van der Waals surface area contributed by atoms with Gasteiger partial charge in [-0.2, -0.15) is 14.4 Å². The van der Waals surface area contributed by atoms with Crippen LogP contribution in [0.3, 0.4) is 0 Å². The number of anilines is 1. The van der Waals surface area contributed by atoms with E-state index in [1.54, 1.807) is 6.33 Å². The summed E-state index contributed by atoms with van der Waals surface area (Å²) < 4.78 is 22.8. The third-order valence-electron chi connectivity index (χ3n) is 9.05. The van der Waals surface area contributed by atoms with E-state index in [1.807, 2.05) is 4.57 Å². The Kier molecular flexibility index (Phi) is 6.22. The van der Waals surface area contributed by atoms with Gasteiger partial charge in [0, 0.05) is 24.2 Å². The molecule has 39 heavy (non-hydrogen) atoms. The molecular weight excluding hydrogens is 491 g/mol. The number of likely N-dealkylation sites (N-methyl/N-ethyl adjacent to an activating group) is 1. The van der Waals surface area contributed by atoms with E-state index in [9.17, 15) is 4.39 Å². The molecule has 7 nitrogen and oxygen atoms in total. The van der Waals surface area contributed by atoms with Gasteiger partial charge in [-0.05, 0) is 74.9 Å². The van der Waals surface area contributed by atoms with E-state index in [1.165, 1.54) is 28.3 Å². The molecule has 0 spiro atoms. The molecule has 0 saturated carbocycles. The quantitative estimate of drug-likeness (QED) is 0.360. The standard InChI is InChI=1S/C31H35FN6O/c1-20-16-37-19-33-29(32)28(37)17-38(20)30-26-13-12-22(25-11-5-8-21-7-3-4-10-24(21)25)15-27(26)34-31(35-30)39-18-23-9-6-14-36(23)2/h3-5,7-8,10-11,19-20,22-23H,6,9,12-18H2,1-2H3/t20-,22?,23+/m1/s1. The van der Waals surface area contributed by atoms with Gasteiger partial charge in [-0.15, -0.1) is 0 Å². The number of fused-ring (bicyclic) bond motifs is 3.